The molecule has 5 nitrogen and oxygen atoms in total. The zero-order valence-electron chi connectivity index (χ0n) is 12.4. The van der Waals surface area contributed by atoms with Gasteiger partial charge in [0, 0.05) is 25.7 Å². The Bertz CT molecular complexity index is 371. The fraction of sp³-hybridized carbons (Fsp3) is 0.714. The van der Waals surface area contributed by atoms with E-state index in [0.717, 1.165) is 0 Å². The molecule has 1 fully saturated rings. The van der Waals surface area contributed by atoms with Crippen LogP contribution in [0, 0.1) is 0 Å². The summed E-state index contributed by atoms with van der Waals surface area (Å²) >= 11 is 5.58. The highest BCUT2D eigenvalue weighted by Crippen LogP contribution is 2.20. The van der Waals surface area contributed by atoms with Gasteiger partial charge in [-0.3, -0.25) is 4.79 Å². The van der Waals surface area contributed by atoms with Crippen molar-refractivity contribution in [2.24, 2.45) is 0 Å². The van der Waals surface area contributed by atoms with Crippen molar-refractivity contribution in [2.75, 3.05) is 19.6 Å². The second-order valence-corrected chi connectivity index (χ2v) is 6.22. The first-order chi connectivity index (χ1) is 9.24. The van der Waals surface area contributed by atoms with Crippen LogP contribution in [0.15, 0.2) is 12.7 Å². The van der Waals surface area contributed by atoms with Crippen molar-refractivity contribution in [1.82, 2.24) is 9.80 Å². The number of rotatable bonds is 3. The second kappa shape index (κ2) is 6.97. The van der Waals surface area contributed by atoms with Crippen molar-refractivity contribution in [1.29, 1.82) is 0 Å². The molecule has 0 bridgehead atoms. The van der Waals surface area contributed by atoms with Gasteiger partial charge in [-0.2, -0.15) is 0 Å². The third-order valence-corrected chi connectivity index (χ3v) is 3.33. The smallest absolute Gasteiger partial charge is 0.410 e. The van der Waals surface area contributed by atoms with Gasteiger partial charge >= 0.3 is 11.5 Å². The van der Waals surface area contributed by atoms with E-state index in [1.165, 1.54) is 0 Å². The SMILES string of the molecule is C=CCN(C(=O)Cl)C1CCN(C(=O)OC(C)(C)C)CC1. The topological polar surface area (TPSA) is 49.9 Å². The fourth-order valence-electron chi connectivity index (χ4n) is 2.19. The van der Waals surface area contributed by atoms with Gasteiger partial charge in [0.1, 0.15) is 5.60 Å². The monoisotopic (exact) mass is 302 g/mol. The van der Waals surface area contributed by atoms with Crippen molar-refractivity contribution in [3.8, 4) is 0 Å². The number of hydrogen-bond donors (Lipinski definition) is 0. The summed E-state index contributed by atoms with van der Waals surface area (Å²) in [6.07, 6.45) is 2.75. The molecule has 0 N–H and O–H groups in total. The zero-order valence-corrected chi connectivity index (χ0v) is 13.2. The summed E-state index contributed by atoms with van der Waals surface area (Å²) in [5, 5.41) is -0.472. The Balaban J connectivity index is 2.52. The van der Waals surface area contributed by atoms with E-state index < -0.39 is 11.0 Å². The summed E-state index contributed by atoms with van der Waals surface area (Å²) in [4.78, 5) is 26.6. The lowest BCUT2D eigenvalue weighted by Gasteiger charge is -2.37. The Hall–Kier alpha value is -1.23. The van der Waals surface area contributed by atoms with Gasteiger partial charge in [0.2, 0.25) is 0 Å². The maximum atomic E-state index is 11.9. The van der Waals surface area contributed by atoms with Gasteiger partial charge in [-0.1, -0.05) is 6.08 Å². The first-order valence-corrected chi connectivity index (χ1v) is 7.17. The molecule has 0 unspecified atom stereocenters. The summed E-state index contributed by atoms with van der Waals surface area (Å²) in [6.45, 7) is 10.7. The average Bonchev–Trinajstić information content (AvgIpc) is 2.33. The van der Waals surface area contributed by atoms with Crippen LogP contribution < -0.4 is 0 Å². The van der Waals surface area contributed by atoms with Gasteiger partial charge in [0.15, 0.2) is 0 Å². The number of likely N-dealkylation sites (tertiary alicyclic amines) is 1. The largest absolute Gasteiger partial charge is 0.444 e. The Morgan fingerprint density at radius 3 is 2.35 bits per heavy atom. The molecule has 0 aromatic heterocycles. The Kier molecular flexibility index (Phi) is 5.87. The molecule has 1 rings (SSSR count). The van der Waals surface area contributed by atoms with Crippen LogP contribution in [0.4, 0.5) is 9.59 Å². The molecule has 114 valence electrons. The molecular formula is C14H23ClN2O3. The molecule has 0 aliphatic carbocycles. The van der Waals surface area contributed by atoms with Crippen molar-refractivity contribution in [3.05, 3.63) is 12.7 Å². The number of piperidine rings is 1. The Morgan fingerprint density at radius 2 is 1.95 bits per heavy atom. The van der Waals surface area contributed by atoms with E-state index in [2.05, 4.69) is 6.58 Å². The summed E-state index contributed by atoms with van der Waals surface area (Å²) in [5.41, 5.74) is -0.491. The second-order valence-electron chi connectivity index (χ2n) is 5.89. The number of ether oxygens (including phenoxy) is 1. The maximum absolute atomic E-state index is 11.9. The number of carbonyl (C=O) groups excluding carboxylic acids is 2. The lowest BCUT2D eigenvalue weighted by atomic mass is 10.0. The number of hydrogen-bond acceptors (Lipinski definition) is 3. The maximum Gasteiger partial charge on any atom is 0.410 e. The predicted molar refractivity (Wildman–Crippen MR) is 79.0 cm³/mol. The molecule has 2 amide bonds. The molecule has 0 atom stereocenters. The van der Waals surface area contributed by atoms with Crippen LogP contribution in [0.1, 0.15) is 33.6 Å². The van der Waals surface area contributed by atoms with Crippen molar-refractivity contribution in [3.63, 3.8) is 0 Å². The highest BCUT2D eigenvalue weighted by Gasteiger charge is 2.30. The molecule has 0 aromatic rings. The first kappa shape index (κ1) is 16.8. The molecule has 0 radical (unpaired) electrons. The molecule has 0 aromatic carbocycles. The number of carbonyl (C=O) groups is 2. The molecule has 1 heterocycles. The van der Waals surface area contributed by atoms with Crippen LogP contribution in [0.3, 0.4) is 0 Å². The number of halogens is 1. The lowest BCUT2D eigenvalue weighted by molar-refractivity contribution is 0.0172. The minimum atomic E-state index is -0.491. The van der Waals surface area contributed by atoms with Gasteiger partial charge < -0.3 is 14.5 Å². The summed E-state index contributed by atoms with van der Waals surface area (Å²) in [5.74, 6) is 0. The van der Waals surface area contributed by atoms with E-state index in [-0.39, 0.29) is 12.1 Å². The van der Waals surface area contributed by atoms with E-state index in [0.29, 0.717) is 32.5 Å². The molecule has 6 heteroatoms. The summed E-state index contributed by atoms with van der Waals surface area (Å²) < 4.78 is 5.33. The lowest BCUT2D eigenvalue weighted by Crippen LogP contribution is -2.48. The van der Waals surface area contributed by atoms with Crippen LogP contribution >= 0.6 is 11.6 Å². The molecule has 0 saturated carbocycles. The van der Waals surface area contributed by atoms with E-state index in [1.807, 2.05) is 20.8 Å². The summed E-state index contributed by atoms with van der Waals surface area (Å²) in [7, 11) is 0. The average molecular weight is 303 g/mol. The van der Waals surface area contributed by atoms with Gasteiger partial charge in [-0.25, -0.2) is 4.79 Å². The fourth-order valence-corrected chi connectivity index (χ4v) is 2.40. The Labute approximate surface area is 125 Å². The number of amides is 2. The first-order valence-electron chi connectivity index (χ1n) is 6.79. The van der Waals surface area contributed by atoms with Gasteiger partial charge in [0.25, 0.3) is 0 Å². The van der Waals surface area contributed by atoms with Crippen LogP contribution in [0.2, 0.25) is 0 Å². The van der Waals surface area contributed by atoms with Crippen molar-refractivity contribution in [2.45, 2.75) is 45.3 Å². The minimum absolute atomic E-state index is 0.0525. The summed E-state index contributed by atoms with van der Waals surface area (Å²) in [6, 6.07) is 0.0525. The van der Waals surface area contributed by atoms with E-state index in [4.69, 9.17) is 16.3 Å². The standard InChI is InChI=1S/C14H23ClN2O3/c1-5-8-17(12(15)18)11-6-9-16(10-7-11)13(19)20-14(2,3)4/h5,11H,1,6-10H2,2-4H3. The van der Waals surface area contributed by atoms with Crippen LogP contribution in [0.25, 0.3) is 0 Å². The highest BCUT2D eigenvalue weighted by molar-refractivity contribution is 6.62. The van der Waals surface area contributed by atoms with E-state index in [1.54, 1.807) is 15.9 Å². The van der Waals surface area contributed by atoms with Gasteiger partial charge in [-0.05, 0) is 45.2 Å². The third-order valence-electron chi connectivity index (χ3n) is 3.11. The van der Waals surface area contributed by atoms with Crippen LogP contribution in [-0.2, 0) is 4.74 Å². The molecule has 1 saturated heterocycles. The van der Waals surface area contributed by atoms with Crippen molar-refractivity contribution >= 4 is 23.1 Å². The van der Waals surface area contributed by atoms with Crippen LogP contribution in [0.5, 0.6) is 0 Å². The molecule has 0 spiro atoms. The number of nitrogens with zero attached hydrogens (tertiary/aromatic N) is 2. The van der Waals surface area contributed by atoms with Crippen molar-refractivity contribution < 1.29 is 14.3 Å². The van der Waals surface area contributed by atoms with Crippen LogP contribution in [-0.4, -0.2) is 52.5 Å². The molecule has 1 aliphatic heterocycles. The third kappa shape index (κ3) is 5.04. The Morgan fingerprint density at radius 1 is 1.40 bits per heavy atom. The van der Waals surface area contributed by atoms with E-state index in [9.17, 15) is 9.59 Å². The molecule has 20 heavy (non-hydrogen) atoms. The zero-order chi connectivity index (χ0) is 15.3. The van der Waals surface area contributed by atoms with Gasteiger partial charge in [-0.15, -0.1) is 6.58 Å². The molecular weight excluding hydrogens is 280 g/mol. The van der Waals surface area contributed by atoms with E-state index >= 15 is 0 Å². The minimum Gasteiger partial charge on any atom is -0.444 e. The quantitative estimate of drug-likeness (QED) is 0.457. The predicted octanol–water partition coefficient (Wildman–Crippen LogP) is 3.23. The normalized spacial score (nSPS) is 16.7. The molecule has 1 aliphatic rings. The highest BCUT2D eigenvalue weighted by atomic mass is 35.5. The van der Waals surface area contributed by atoms with Gasteiger partial charge in [0.05, 0.1) is 0 Å².